The van der Waals surface area contributed by atoms with Crippen molar-refractivity contribution in [1.29, 1.82) is 0 Å². The van der Waals surface area contributed by atoms with E-state index in [4.69, 9.17) is 11.6 Å². The van der Waals surface area contributed by atoms with E-state index in [2.05, 4.69) is 4.72 Å². The van der Waals surface area contributed by atoms with Gasteiger partial charge in [0.05, 0.1) is 0 Å². The third-order valence-corrected chi connectivity index (χ3v) is 9.78. The van der Waals surface area contributed by atoms with Crippen LogP contribution in [0.4, 0.5) is 0 Å². The average molecular weight is 494 g/mol. The molecule has 2 atom stereocenters. The average Bonchev–Trinajstić information content (AvgIpc) is 3.12. The van der Waals surface area contributed by atoms with Gasteiger partial charge in [-0.1, -0.05) is 54.1 Å². The maximum atomic E-state index is 13.2. The van der Waals surface area contributed by atoms with Crippen molar-refractivity contribution in [2.75, 3.05) is 12.0 Å². The molecule has 2 N–H and O–H groups in total. The van der Waals surface area contributed by atoms with Crippen LogP contribution in [0.5, 0.6) is 0 Å². The number of halogens is 1. The van der Waals surface area contributed by atoms with E-state index in [1.807, 2.05) is 48.7 Å². The Morgan fingerprint density at radius 1 is 1.13 bits per heavy atom. The van der Waals surface area contributed by atoms with E-state index in [-0.39, 0.29) is 10.6 Å². The molecule has 1 heterocycles. The lowest BCUT2D eigenvalue weighted by Gasteiger charge is -2.23. The number of carbonyl (C=O) groups is 1. The van der Waals surface area contributed by atoms with Gasteiger partial charge >= 0.3 is 5.97 Å². The molecule has 0 bridgehead atoms. The highest BCUT2D eigenvalue weighted by atomic mass is 35.5. The Balaban J connectivity index is 1.68. The second kappa shape index (κ2) is 8.26. The summed E-state index contributed by atoms with van der Waals surface area (Å²) in [5.41, 5.74) is -0.720. The third-order valence-electron chi connectivity index (χ3n) is 5.62. The van der Waals surface area contributed by atoms with Gasteiger partial charge in [-0.05, 0) is 48.1 Å². The molecule has 1 aliphatic carbocycles. The zero-order valence-corrected chi connectivity index (χ0v) is 19.7. The monoisotopic (exact) mass is 493 g/mol. The van der Waals surface area contributed by atoms with Crippen LogP contribution in [0.1, 0.15) is 12.0 Å². The van der Waals surface area contributed by atoms with Gasteiger partial charge in [-0.15, -0.1) is 11.3 Å². The second-order valence-electron chi connectivity index (χ2n) is 7.50. The molecule has 31 heavy (non-hydrogen) atoms. The van der Waals surface area contributed by atoms with Crippen LogP contribution in [0.3, 0.4) is 0 Å². The number of nitrogens with one attached hydrogen (secondary N) is 1. The van der Waals surface area contributed by atoms with Gasteiger partial charge in [0.25, 0.3) is 10.0 Å². The van der Waals surface area contributed by atoms with Crippen molar-refractivity contribution in [3.05, 3.63) is 77.3 Å². The molecule has 162 valence electrons. The van der Waals surface area contributed by atoms with Crippen LogP contribution < -0.4 is 4.72 Å². The zero-order chi connectivity index (χ0) is 22.3. The molecule has 0 saturated heterocycles. The van der Waals surface area contributed by atoms with Crippen molar-refractivity contribution < 1.29 is 18.3 Å². The number of benzene rings is 2. The highest BCUT2D eigenvalue weighted by molar-refractivity contribution is 7.98. The molecule has 0 aliphatic heterocycles. The van der Waals surface area contributed by atoms with Gasteiger partial charge in [0.15, 0.2) is 0 Å². The van der Waals surface area contributed by atoms with Crippen molar-refractivity contribution in [1.82, 2.24) is 4.72 Å². The summed E-state index contributed by atoms with van der Waals surface area (Å²) in [5, 5.41) is 10.7. The van der Waals surface area contributed by atoms with Crippen molar-refractivity contribution in [3.8, 4) is 10.4 Å². The maximum Gasteiger partial charge on any atom is 0.325 e. The van der Waals surface area contributed by atoms with Gasteiger partial charge in [0, 0.05) is 21.1 Å². The summed E-state index contributed by atoms with van der Waals surface area (Å²) in [6, 6.07) is 19.6. The van der Waals surface area contributed by atoms with E-state index in [0.29, 0.717) is 10.8 Å². The Hall–Kier alpha value is -1.84. The van der Waals surface area contributed by atoms with Gasteiger partial charge in [-0.3, -0.25) is 4.79 Å². The van der Waals surface area contributed by atoms with E-state index < -0.39 is 26.9 Å². The van der Waals surface area contributed by atoms with Crippen LogP contribution in [0, 0.1) is 0 Å². The normalized spacial score (nSPS) is 22.9. The van der Waals surface area contributed by atoms with Crippen molar-refractivity contribution in [2.24, 2.45) is 0 Å². The second-order valence-corrected chi connectivity index (χ2v) is 11.8. The number of aliphatic carboxylic acids is 1. The Morgan fingerprint density at radius 2 is 1.81 bits per heavy atom. The molecule has 1 aliphatic rings. The molecule has 1 fully saturated rings. The highest BCUT2D eigenvalue weighted by Gasteiger charge is 2.74. The minimum absolute atomic E-state index is 0.0797. The van der Waals surface area contributed by atoms with Crippen LogP contribution in [0.2, 0.25) is 5.02 Å². The van der Waals surface area contributed by atoms with Gasteiger partial charge in [-0.2, -0.15) is 16.5 Å². The highest BCUT2D eigenvalue weighted by Crippen LogP contribution is 2.60. The van der Waals surface area contributed by atoms with Crippen LogP contribution in [0.15, 0.2) is 70.9 Å². The fourth-order valence-electron chi connectivity index (χ4n) is 3.99. The number of thiophene rings is 1. The smallest absolute Gasteiger partial charge is 0.325 e. The van der Waals surface area contributed by atoms with Gasteiger partial charge < -0.3 is 5.11 Å². The first-order valence-corrected chi connectivity index (χ1v) is 13.5. The Kier molecular flexibility index (Phi) is 5.95. The van der Waals surface area contributed by atoms with E-state index in [9.17, 15) is 18.3 Å². The number of carboxylic acids is 1. The van der Waals surface area contributed by atoms with Gasteiger partial charge in [-0.25, -0.2) is 8.42 Å². The maximum absolute atomic E-state index is 13.2. The molecule has 5 nitrogen and oxygen atoms in total. The molecule has 9 heteroatoms. The Bertz CT molecular complexity index is 1210. The lowest BCUT2D eigenvalue weighted by molar-refractivity contribution is -0.140. The van der Waals surface area contributed by atoms with Crippen LogP contribution in [0.25, 0.3) is 10.4 Å². The lowest BCUT2D eigenvalue weighted by Crippen LogP contribution is -2.49. The predicted molar refractivity (Wildman–Crippen MR) is 127 cm³/mol. The number of hydrogen-bond acceptors (Lipinski definition) is 5. The van der Waals surface area contributed by atoms with Crippen LogP contribution in [-0.4, -0.2) is 37.0 Å². The summed E-state index contributed by atoms with van der Waals surface area (Å²) in [7, 11) is -4.04. The molecule has 1 aromatic heterocycles. The van der Waals surface area contributed by atoms with Gasteiger partial charge in [0.2, 0.25) is 0 Å². The molecule has 4 rings (SSSR count). The SMILES string of the molecule is CSC[C@@]1(c2ccccc2)C[C@]1(NS(=O)(=O)c1ccc(-c2ccc(Cl)cc2)s1)C(=O)O. The summed E-state index contributed by atoms with van der Waals surface area (Å²) in [5.74, 6) is -0.671. The molecule has 0 amide bonds. The number of hydrogen-bond donors (Lipinski definition) is 2. The topological polar surface area (TPSA) is 83.5 Å². The molecule has 2 aromatic carbocycles. The minimum atomic E-state index is -4.04. The molecule has 0 radical (unpaired) electrons. The summed E-state index contributed by atoms with van der Waals surface area (Å²) in [6.07, 6.45) is 2.09. The first kappa shape index (κ1) is 22.4. The van der Waals surface area contributed by atoms with Crippen LogP contribution >= 0.6 is 34.7 Å². The predicted octanol–water partition coefficient (Wildman–Crippen LogP) is 4.87. The standard InChI is InChI=1S/C22H20ClNO4S3/c1-29-14-21(16-5-3-2-4-6-16)13-22(21,20(25)26)24-31(27,28)19-12-11-18(30-19)15-7-9-17(23)10-8-15/h2-12,24H,13-14H2,1H3,(H,25,26)/t21-,22+/m1/s1. The summed E-state index contributed by atoms with van der Waals surface area (Å²) < 4.78 is 29.1. The number of rotatable bonds is 8. The summed E-state index contributed by atoms with van der Waals surface area (Å²) in [4.78, 5) is 13.1. The third kappa shape index (κ3) is 3.91. The largest absolute Gasteiger partial charge is 0.480 e. The summed E-state index contributed by atoms with van der Waals surface area (Å²) >= 11 is 8.53. The molecular formula is C22H20ClNO4S3. The van der Waals surface area contributed by atoms with E-state index >= 15 is 0 Å². The van der Waals surface area contributed by atoms with Crippen LogP contribution in [-0.2, 0) is 20.2 Å². The van der Waals surface area contributed by atoms with Crippen molar-refractivity contribution in [3.63, 3.8) is 0 Å². The number of carboxylic acid groups (broad SMARTS) is 1. The first-order chi connectivity index (χ1) is 14.7. The quantitative estimate of drug-likeness (QED) is 0.467. The minimum Gasteiger partial charge on any atom is -0.480 e. The Morgan fingerprint density at radius 3 is 2.42 bits per heavy atom. The fourth-order valence-corrected chi connectivity index (χ4v) is 7.86. The van der Waals surface area contributed by atoms with E-state index in [1.165, 1.54) is 17.8 Å². The van der Waals surface area contributed by atoms with Gasteiger partial charge in [0.1, 0.15) is 9.75 Å². The number of thioether (sulfide) groups is 1. The number of sulfonamides is 1. The molecule has 0 unspecified atom stereocenters. The lowest BCUT2D eigenvalue weighted by atomic mass is 9.92. The first-order valence-electron chi connectivity index (χ1n) is 9.42. The van der Waals surface area contributed by atoms with E-state index in [0.717, 1.165) is 27.3 Å². The zero-order valence-electron chi connectivity index (χ0n) is 16.5. The fraction of sp³-hybridized carbons (Fsp3) is 0.227. The Labute approximate surface area is 194 Å². The molecule has 0 spiro atoms. The molecular weight excluding hydrogens is 474 g/mol. The molecule has 3 aromatic rings. The van der Waals surface area contributed by atoms with Crippen molar-refractivity contribution >= 4 is 50.7 Å². The summed E-state index contributed by atoms with van der Waals surface area (Å²) in [6.45, 7) is 0. The van der Waals surface area contributed by atoms with Crippen molar-refractivity contribution in [2.45, 2.75) is 21.6 Å². The molecule has 1 saturated carbocycles. The van der Waals surface area contributed by atoms with E-state index in [1.54, 1.807) is 18.2 Å².